The van der Waals surface area contributed by atoms with Crippen molar-refractivity contribution in [1.82, 2.24) is 10.2 Å². The molecular formula is C17H36N2O. The summed E-state index contributed by atoms with van der Waals surface area (Å²) in [5.41, 5.74) is 0.327. The molecule has 0 amide bonds. The molecule has 1 saturated heterocycles. The molecule has 1 aliphatic rings. The molecule has 3 heteroatoms. The predicted molar refractivity (Wildman–Crippen MR) is 87.3 cm³/mol. The van der Waals surface area contributed by atoms with Crippen LogP contribution in [0.3, 0.4) is 0 Å². The average molecular weight is 284 g/mol. The molecule has 1 aliphatic heterocycles. The zero-order valence-corrected chi connectivity index (χ0v) is 14.2. The molecule has 0 aromatic carbocycles. The summed E-state index contributed by atoms with van der Waals surface area (Å²) in [4.78, 5) is 2.68. The molecule has 0 radical (unpaired) electrons. The minimum Gasteiger partial charge on any atom is -0.380 e. The molecular weight excluding hydrogens is 248 g/mol. The van der Waals surface area contributed by atoms with Gasteiger partial charge in [0.2, 0.25) is 0 Å². The highest BCUT2D eigenvalue weighted by molar-refractivity contribution is 4.96. The Morgan fingerprint density at radius 3 is 2.45 bits per heavy atom. The van der Waals surface area contributed by atoms with Gasteiger partial charge in [-0.15, -0.1) is 0 Å². The van der Waals surface area contributed by atoms with E-state index in [-0.39, 0.29) is 0 Å². The molecule has 1 N–H and O–H groups in total. The van der Waals surface area contributed by atoms with Crippen molar-refractivity contribution in [3.63, 3.8) is 0 Å². The summed E-state index contributed by atoms with van der Waals surface area (Å²) in [7, 11) is 0. The topological polar surface area (TPSA) is 24.5 Å². The zero-order valence-electron chi connectivity index (χ0n) is 14.2. The smallest absolute Gasteiger partial charge is 0.0593 e. The summed E-state index contributed by atoms with van der Waals surface area (Å²) in [6, 6.07) is 0.695. The number of unbranched alkanes of at least 4 members (excludes halogenated alkanes) is 1. The van der Waals surface area contributed by atoms with Crippen LogP contribution in [-0.2, 0) is 4.74 Å². The van der Waals surface area contributed by atoms with Gasteiger partial charge in [0.1, 0.15) is 0 Å². The lowest BCUT2D eigenvalue weighted by Gasteiger charge is -2.47. The summed E-state index contributed by atoms with van der Waals surface area (Å²) in [6.45, 7) is 14.4. The highest BCUT2D eigenvalue weighted by Gasteiger charge is 2.35. The standard InChI is InChI=1S/C17H36N2O/c1-5-9-12-20-13-11-19-15-17(7-3,8-4)18-14-16(19)10-6-2/h16,18H,5-15H2,1-4H3. The van der Waals surface area contributed by atoms with Crippen LogP contribution in [0.1, 0.15) is 66.2 Å². The third-order valence-electron chi connectivity index (χ3n) is 4.88. The number of nitrogens with one attached hydrogen (secondary N) is 1. The average Bonchev–Trinajstić information content (AvgIpc) is 2.49. The van der Waals surface area contributed by atoms with Gasteiger partial charge < -0.3 is 10.1 Å². The number of nitrogens with zero attached hydrogens (tertiary/aromatic N) is 1. The molecule has 0 aromatic heterocycles. The first kappa shape index (κ1) is 17.9. The quantitative estimate of drug-likeness (QED) is 0.622. The first-order valence-electron chi connectivity index (χ1n) is 8.78. The van der Waals surface area contributed by atoms with Crippen LogP contribution in [0.5, 0.6) is 0 Å². The Labute approximate surface area is 126 Å². The predicted octanol–water partition coefficient (Wildman–Crippen LogP) is 3.44. The van der Waals surface area contributed by atoms with Crippen molar-refractivity contribution in [1.29, 1.82) is 0 Å². The van der Waals surface area contributed by atoms with Gasteiger partial charge in [-0.3, -0.25) is 4.90 Å². The van der Waals surface area contributed by atoms with Gasteiger partial charge in [-0.2, -0.15) is 0 Å². The number of ether oxygens (including phenoxy) is 1. The normalized spacial score (nSPS) is 23.1. The molecule has 1 fully saturated rings. The molecule has 20 heavy (non-hydrogen) atoms. The minimum absolute atomic E-state index is 0.327. The first-order valence-corrected chi connectivity index (χ1v) is 8.78. The van der Waals surface area contributed by atoms with Crippen molar-refractivity contribution < 1.29 is 4.74 Å². The van der Waals surface area contributed by atoms with Crippen molar-refractivity contribution in [3.8, 4) is 0 Å². The maximum absolute atomic E-state index is 5.78. The van der Waals surface area contributed by atoms with E-state index in [0.29, 0.717) is 11.6 Å². The van der Waals surface area contributed by atoms with E-state index in [1.807, 2.05) is 0 Å². The minimum atomic E-state index is 0.327. The summed E-state index contributed by atoms with van der Waals surface area (Å²) in [5.74, 6) is 0. The molecule has 0 aromatic rings. The van der Waals surface area contributed by atoms with Crippen molar-refractivity contribution in [2.45, 2.75) is 77.8 Å². The second-order valence-electron chi connectivity index (χ2n) is 6.25. The number of piperazine rings is 1. The number of rotatable bonds is 10. The lowest BCUT2D eigenvalue weighted by atomic mass is 9.88. The van der Waals surface area contributed by atoms with Crippen molar-refractivity contribution in [3.05, 3.63) is 0 Å². The van der Waals surface area contributed by atoms with Crippen LogP contribution in [0.25, 0.3) is 0 Å². The van der Waals surface area contributed by atoms with E-state index in [4.69, 9.17) is 4.74 Å². The lowest BCUT2D eigenvalue weighted by molar-refractivity contribution is 0.0336. The fourth-order valence-electron chi connectivity index (χ4n) is 3.17. The Morgan fingerprint density at radius 1 is 1.10 bits per heavy atom. The monoisotopic (exact) mass is 284 g/mol. The Balaban J connectivity index is 2.46. The Bertz CT molecular complexity index is 241. The van der Waals surface area contributed by atoms with Gasteiger partial charge >= 0.3 is 0 Å². The van der Waals surface area contributed by atoms with Gasteiger partial charge in [0.05, 0.1) is 6.61 Å². The van der Waals surface area contributed by atoms with Crippen LogP contribution < -0.4 is 5.32 Å². The van der Waals surface area contributed by atoms with E-state index < -0.39 is 0 Å². The molecule has 0 aliphatic carbocycles. The van der Waals surface area contributed by atoms with E-state index in [9.17, 15) is 0 Å². The summed E-state index contributed by atoms with van der Waals surface area (Å²) in [6.07, 6.45) is 7.41. The number of hydrogen-bond donors (Lipinski definition) is 1. The maximum atomic E-state index is 5.78. The van der Waals surface area contributed by atoms with Crippen molar-refractivity contribution in [2.24, 2.45) is 0 Å². The Hall–Kier alpha value is -0.120. The fraction of sp³-hybridized carbons (Fsp3) is 1.00. The Kier molecular flexibility index (Phi) is 8.74. The molecule has 0 saturated carbocycles. The second-order valence-corrected chi connectivity index (χ2v) is 6.25. The third kappa shape index (κ3) is 5.34. The molecule has 0 bridgehead atoms. The third-order valence-corrected chi connectivity index (χ3v) is 4.88. The van der Waals surface area contributed by atoms with Gasteiger partial charge in [-0.25, -0.2) is 0 Å². The van der Waals surface area contributed by atoms with Gasteiger partial charge in [-0.1, -0.05) is 40.5 Å². The van der Waals surface area contributed by atoms with Crippen molar-refractivity contribution in [2.75, 3.05) is 32.8 Å². The molecule has 1 unspecified atom stereocenters. The molecule has 1 rings (SSSR count). The summed E-state index contributed by atoms with van der Waals surface area (Å²) >= 11 is 0. The fourth-order valence-corrected chi connectivity index (χ4v) is 3.17. The van der Waals surface area contributed by atoms with Gasteiger partial charge in [0.15, 0.2) is 0 Å². The first-order chi connectivity index (χ1) is 9.71. The Morgan fingerprint density at radius 2 is 1.85 bits per heavy atom. The van der Waals surface area contributed by atoms with Gasteiger partial charge in [0, 0.05) is 37.8 Å². The number of hydrogen-bond acceptors (Lipinski definition) is 3. The summed E-state index contributed by atoms with van der Waals surface area (Å²) < 4.78 is 5.78. The highest BCUT2D eigenvalue weighted by atomic mass is 16.5. The molecule has 1 atom stereocenters. The van der Waals surface area contributed by atoms with Crippen LogP contribution >= 0.6 is 0 Å². The highest BCUT2D eigenvalue weighted by Crippen LogP contribution is 2.24. The van der Waals surface area contributed by atoms with Crippen LogP contribution in [0.2, 0.25) is 0 Å². The lowest BCUT2D eigenvalue weighted by Crippen LogP contribution is -2.64. The van der Waals surface area contributed by atoms with Crippen molar-refractivity contribution >= 4 is 0 Å². The van der Waals surface area contributed by atoms with E-state index in [1.54, 1.807) is 0 Å². The second kappa shape index (κ2) is 9.75. The van der Waals surface area contributed by atoms with E-state index >= 15 is 0 Å². The van der Waals surface area contributed by atoms with Crippen LogP contribution in [0, 0.1) is 0 Å². The van der Waals surface area contributed by atoms with E-state index in [1.165, 1.54) is 45.1 Å². The van der Waals surface area contributed by atoms with Crippen LogP contribution in [-0.4, -0.2) is 49.3 Å². The van der Waals surface area contributed by atoms with Crippen LogP contribution in [0.15, 0.2) is 0 Å². The molecule has 3 nitrogen and oxygen atoms in total. The van der Waals surface area contributed by atoms with E-state index in [0.717, 1.165) is 26.3 Å². The maximum Gasteiger partial charge on any atom is 0.0593 e. The molecule has 1 heterocycles. The van der Waals surface area contributed by atoms with E-state index in [2.05, 4.69) is 37.9 Å². The molecule has 120 valence electrons. The van der Waals surface area contributed by atoms with Gasteiger partial charge in [-0.05, 0) is 25.7 Å². The molecule has 0 spiro atoms. The van der Waals surface area contributed by atoms with Crippen LogP contribution in [0.4, 0.5) is 0 Å². The van der Waals surface area contributed by atoms with Gasteiger partial charge in [0.25, 0.3) is 0 Å². The largest absolute Gasteiger partial charge is 0.380 e. The summed E-state index contributed by atoms with van der Waals surface area (Å²) in [5, 5.41) is 3.83. The zero-order chi connectivity index (χ0) is 14.8. The SMILES string of the molecule is CCCCOCCN1CC(CC)(CC)NCC1CCC.